The van der Waals surface area contributed by atoms with Gasteiger partial charge in [-0.25, -0.2) is 8.42 Å². The number of nitrogens with one attached hydrogen (secondary N) is 2. The molecule has 0 heterocycles. The highest BCUT2D eigenvalue weighted by Gasteiger charge is 2.30. The Hall–Kier alpha value is -3.93. The fourth-order valence-electron chi connectivity index (χ4n) is 3.33. The van der Waals surface area contributed by atoms with Gasteiger partial charge in [0.15, 0.2) is 18.1 Å². The van der Waals surface area contributed by atoms with Gasteiger partial charge in [-0.3, -0.25) is 9.52 Å². The molecule has 8 nitrogen and oxygen atoms in total. The number of sulfonamides is 1. The molecule has 2 N–H and O–H groups in total. The maximum absolute atomic E-state index is 12.9. The summed E-state index contributed by atoms with van der Waals surface area (Å²) >= 11 is 0. The average molecular weight is 539 g/mol. The lowest BCUT2D eigenvalue weighted by atomic mass is 10.1. The topological polar surface area (TPSA) is 103 Å². The van der Waals surface area contributed by atoms with Crippen LogP contribution in [0.2, 0.25) is 0 Å². The second kappa shape index (κ2) is 11.4. The van der Waals surface area contributed by atoms with Gasteiger partial charge in [0.2, 0.25) is 0 Å². The molecule has 0 aliphatic rings. The van der Waals surface area contributed by atoms with Crippen LogP contribution in [0.4, 0.5) is 18.9 Å². The monoisotopic (exact) mass is 538 g/mol. The molecule has 0 aromatic heterocycles. The number of alkyl halides is 3. The molecule has 0 spiro atoms. The summed E-state index contributed by atoms with van der Waals surface area (Å²) in [6.45, 7) is 1.46. The minimum Gasteiger partial charge on any atom is -0.493 e. The van der Waals surface area contributed by atoms with E-state index in [1.165, 1.54) is 44.6 Å². The van der Waals surface area contributed by atoms with Crippen LogP contribution in [0.1, 0.15) is 24.1 Å². The van der Waals surface area contributed by atoms with Crippen molar-refractivity contribution in [1.29, 1.82) is 0 Å². The van der Waals surface area contributed by atoms with Gasteiger partial charge in [0, 0.05) is 5.69 Å². The van der Waals surface area contributed by atoms with Crippen LogP contribution in [0.15, 0.2) is 71.6 Å². The molecular weight excluding hydrogens is 513 g/mol. The molecular formula is C25H25F3N2O6S. The van der Waals surface area contributed by atoms with Crippen molar-refractivity contribution in [3.8, 4) is 17.2 Å². The molecule has 0 aliphatic heterocycles. The van der Waals surface area contributed by atoms with Crippen molar-refractivity contribution in [3.05, 3.63) is 77.9 Å². The molecule has 0 bridgehead atoms. The van der Waals surface area contributed by atoms with E-state index in [1.54, 1.807) is 25.1 Å². The summed E-state index contributed by atoms with van der Waals surface area (Å²) < 4.78 is 81.8. The van der Waals surface area contributed by atoms with E-state index in [4.69, 9.17) is 14.2 Å². The number of carbonyl (C=O) groups is 1. The highest BCUT2D eigenvalue weighted by molar-refractivity contribution is 7.92. The molecule has 3 aromatic rings. The highest BCUT2D eigenvalue weighted by Crippen LogP contribution is 2.32. The van der Waals surface area contributed by atoms with Gasteiger partial charge >= 0.3 is 6.18 Å². The van der Waals surface area contributed by atoms with Crippen LogP contribution in [0.5, 0.6) is 17.2 Å². The normalized spacial score (nSPS) is 12.4. The Morgan fingerprint density at radius 2 is 1.62 bits per heavy atom. The third-order valence-corrected chi connectivity index (χ3v) is 6.63. The van der Waals surface area contributed by atoms with Crippen LogP contribution >= 0.6 is 0 Å². The van der Waals surface area contributed by atoms with Crippen LogP contribution in [0.25, 0.3) is 0 Å². The van der Waals surface area contributed by atoms with Crippen molar-refractivity contribution in [2.24, 2.45) is 0 Å². The fourth-order valence-corrected chi connectivity index (χ4v) is 4.38. The van der Waals surface area contributed by atoms with E-state index in [-0.39, 0.29) is 29.0 Å². The SMILES string of the molecule is COc1ccc([C@@H](C)NC(=O)COc2ccc(S(=O)(=O)Nc3cccc(C(F)(F)F)c3)cc2)cc1OC. The first-order valence-electron chi connectivity index (χ1n) is 10.9. The number of carbonyl (C=O) groups excluding carboxylic acids is 1. The Morgan fingerprint density at radius 1 is 0.946 bits per heavy atom. The van der Waals surface area contributed by atoms with Crippen molar-refractivity contribution in [2.75, 3.05) is 25.5 Å². The fraction of sp³-hybridized carbons (Fsp3) is 0.240. The van der Waals surface area contributed by atoms with Crippen molar-refractivity contribution in [3.63, 3.8) is 0 Å². The van der Waals surface area contributed by atoms with Gasteiger partial charge in [-0.15, -0.1) is 0 Å². The Balaban J connectivity index is 1.58. The van der Waals surface area contributed by atoms with Gasteiger partial charge in [0.1, 0.15) is 5.75 Å². The lowest BCUT2D eigenvalue weighted by Crippen LogP contribution is -2.31. The van der Waals surface area contributed by atoms with Gasteiger partial charge in [-0.2, -0.15) is 13.2 Å². The summed E-state index contributed by atoms with van der Waals surface area (Å²) in [6, 6.07) is 13.9. The zero-order chi connectivity index (χ0) is 27.2. The van der Waals surface area contributed by atoms with E-state index in [0.29, 0.717) is 17.6 Å². The summed E-state index contributed by atoms with van der Waals surface area (Å²) in [5.74, 6) is 0.899. The smallest absolute Gasteiger partial charge is 0.416 e. The molecule has 0 radical (unpaired) electrons. The molecule has 0 fully saturated rings. The summed E-state index contributed by atoms with van der Waals surface area (Å²) in [6.07, 6.45) is -4.61. The molecule has 3 aromatic carbocycles. The molecule has 0 saturated heterocycles. The number of ether oxygens (including phenoxy) is 3. The molecule has 0 aliphatic carbocycles. The van der Waals surface area contributed by atoms with E-state index in [9.17, 15) is 26.4 Å². The minimum atomic E-state index is -4.61. The van der Waals surface area contributed by atoms with E-state index < -0.39 is 27.7 Å². The Labute approximate surface area is 212 Å². The predicted molar refractivity (Wildman–Crippen MR) is 130 cm³/mol. The number of benzene rings is 3. The standard InChI is InChI=1S/C25H25F3N2O6S/c1-16(17-7-12-22(34-2)23(13-17)35-3)29-24(31)15-36-20-8-10-21(11-9-20)37(32,33)30-19-6-4-5-18(14-19)25(26,27)28/h4-14,16,30H,15H2,1-3H3,(H,29,31)/t16-/m1/s1. The zero-order valence-corrected chi connectivity index (χ0v) is 20.9. The van der Waals surface area contributed by atoms with Crippen LogP contribution in [-0.4, -0.2) is 35.2 Å². The van der Waals surface area contributed by atoms with E-state index in [1.807, 2.05) is 0 Å². The first-order valence-corrected chi connectivity index (χ1v) is 12.4. The summed E-state index contributed by atoms with van der Waals surface area (Å²) in [4.78, 5) is 12.1. The second-order valence-corrected chi connectivity index (χ2v) is 9.53. The van der Waals surface area contributed by atoms with Crippen LogP contribution < -0.4 is 24.2 Å². The minimum absolute atomic E-state index is 0.191. The van der Waals surface area contributed by atoms with E-state index in [0.717, 1.165) is 17.7 Å². The van der Waals surface area contributed by atoms with Gasteiger partial charge in [0.25, 0.3) is 15.9 Å². The van der Waals surface area contributed by atoms with Crippen molar-refractivity contribution < 1.29 is 40.6 Å². The third kappa shape index (κ3) is 7.29. The van der Waals surface area contributed by atoms with Crippen LogP contribution in [0.3, 0.4) is 0 Å². The molecule has 1 atom stereocenters. The van der Waals surface area contributed by atoms with Gasteiger partial charge in [0.05, 0.1) is 30.7 Å². The lowest BCUT2D eigenvalue weighted by Gasteiger charge is -2.17. The highest BCUT2D eigenvalue weighted by atomic mass is 32.2. The number of halogens is 3. The molecule has 198 valence electrons. The average Bonchev–Trinajstić information content (AvgIpc) is 2.86. The number of hydrogen-bond acceptors (Lipinski definition) is 6. The molecule has 1 amide bonds. The van der Waals surface area contributed by atoms with Crippen molar-refractivity contribution in [2.45, 2.75) is 24.0 Å². The third-order valence-electron chi connectivity index (χ3n) is 5.23. The predicted octanol–water partition coefficient (Wildman–Crippen LogP) is 4.78. The van der Waals surface area contributed by atoms with Gasteiger partial charge < -0.3 is 19.5 Å². The second-order valence-electron chi connectivity index (χ2n) is 7.85. The molecule has 3 rings (SSSR count). The first-order chi connectivity index (χ1) is 17.4. The maximum Gasteiger partial charge on any atom is 0.416 e. The summed E-state index contributed by atoms with van der Waals surface area (Å²) in [5.41, 5.74) is -0.417. The first kappa shape index (κ1) is 27.7. The Kier molecular flexibility index (Phi) is 8.53. The Bertz CT molecular complexity index is 1350. The number of hydrogen-bond donors (Lipinski definition) is 2. The zero-order valence-electron chi connectivity index (χ0n) is 20.1. The van der Waals surface area contributed by atoms with E-state index >= 15 is 0 Å². The van der Waals surface area contributed by atoms with Crippen LogP contribution in [-0.2, 0) is 21.0 Å². The number of rotatable bonds is 10. The molecule has 12 heteroatoms. The van der Waals surface area contributed by atoms with Gasteiger partial charge in [-0.05, 0) is 67.1 Å². The quantitative estimate of drug-likeness (QED) is 0.385. The number of methoxy groups -OCH3 is 2. The lowest BCUT2D eigenvalue weighted by molar-refractivity contribution is -0.137. The van der Waals surface area contributed by atoms with E-state index in [2.05, 4.69) is 10.0 Å². The molecule has 37 heavy (non-hydrogen) atoms. The molecule has 0 saturated carbocycles. The molecule has 0 unspecified atom stereocenters. The number of amides is 1. The Morgan fingerprint density at radius 3 is 2.24 bits per heavy atom. The summed E-state index contributed by atoms with van der Waals surface area (Å²) in [7, 11) is -1.12. The summed E-state index contributed by atoms with van der Waals surface area (Å²) in [5, 5.41) is 2.79. The number of anilines is 1. The van der Waals surface area contributed by atoms with Crippen molar-refractivity contribution >= 4 is 21.6 Å². The van der Waals surface area contributed by atoms with Crippen molar-refractivity contribution in [1.82, 2.24) is 5.32 Å². The van der Waals surface area contributed by atoms with Gasteiger partial charge in [-0.1, -0.05) is 12.1 Å². The van der Waals surface area contributed by atoms with Crippen LogP contribution in [0, 0.1) is 0 Å². The largest absolute Gasteiger partial charge is 0.493 e. The maximum atomic E-state index is 12.9.